The molecule has 0 unspecified atom stereocenters. The van der Waals surface area contributed by atoms with E-state index < -0.39 is 0 Å². The number of rotatable bonds is 6. The Morgan fingerprint density at radius 3 is 2.30 bits per heavy atom. The van der Waals surface area contributed by atoms with Gasteiger partial charge in [-0.1, -0.05) is 48.0 Å². The molecule has 0 spiro atoms. The standard InChI is InChI=1S/C21H15ClN2O3/c22-16-8-2-5-11-19(16)27-20-12-6-3-9-17(20)24-21(25)14-26-18-10-4-1-7-15(18)13-23/h1-12H,14H2,(H,24,25). The lowest BCUT2D eigenvalue weighted by Crippen LogP contribution is -2.20. The highest BCUT2D eigenvalue weighted by molar-refractivity contribution is 6.32. The number of benzene rings is 3. The summed E-state index contributed by atoms with van der Waals surface area (Å²) in [5.74, 6) is 0.921. The average Bonchev–Trinajstić information content (AvgIpc) is 2.70. The van der Waals surface area contributed by atoms with Crippen molar-refractivity contribution in [2.75, 3.05) is 11.9 Å². The van der Waals surface area contributed by atoms with Gasteiger partial charge in [-0.2, -0.15) is 5.26 Å². The average molecular weight is 379 g/mol. The van der Waals surface area contributed by atoms with Gasteiger partial charge in [0.05, 0.1) is 16.3 Å². The number of carbonyl (C=O) groups excluding carboxylic acids is 1. The van der Waals surface area contributed by atoms with E-state index in [2.05, 4.69) is 5.32 Å². The van der Waals surface area contributed by atoms with Crippen LogP contribution in [0.5, 0.6) is 17.2 Å². The lowest BCUT2D eigenvalue weighted by Gasteiger charge is -2.13. The SMILES string of the molecule is N#Cc1ccccc1OCC(=O)Nc1ccccc1Oc1ccccc1Cl. The number of carbonyl (C=O) groups is 1. The molecule has 0 saturated carbocycles. The zero-order valence-electron chi connectivity index (χ0n) is 14.2. The van der Waals surface area contributed by atoms with E-state index in [-0.39, 0.29) is 12.5 Å². The second-order valence-corrected chi connectivity index (χ2v) is 5.88. The Labute approximate surface area is 161 Å². The fourth-order valence-electron chi connectivity index (χ4n) is 2.32. The van der Waals surface area contributed by atoms with E-state index in [1.165, 1.54) is 0 Å². The molecule has 0 saturated heterocycles. The van der Waals surface area contributed by atoms with E-state index in [9.17, 15) is 4.79 Å². The van der Waals surface area contributed by atoms with Crippen molar-refractivity contribution >= 4 is 23.2 Å². The summed E-state index contributed by atoms with van der Waals surface area (Å²) in [6, 6.07) is 22.8. The van der Waals surface area contributed by atoms with Gasteiger partial charge in [-0.3, -0.25) is 4.79 Å². The van der Waals surface area contributed by atoms with E-state index in [1.807, 2.05) is 12.1 Å². The van der Waals surface area contributed by atoms with Gasteiger partial charge in [0, 0.05) is 0 Å². The van der Waals surface area contributed by atoms with Gasteiger partial charge in [0.1, 0.15) is 17.6 Å². The number of hydrogen-bond acceptors (Lipinski definition) is 4. The molecule has 0 aliphatic rings. The Morgan fingerprint density at radius 2 is 1.56 bits per heavy atom. The van der Waals surface area contributed by atoms with Crippen molar-refractivity contribution < 1.29 is 14.3 Å². The van der Waals surface area contributed by atoms with Gasteiger partial charge in [0.25, 0.3) is 5.91 Å². The van der Waals surface area contributed by atoms with Crippen LogP contribution in [0.2, 0.25) is 5.02 Å². The van der Waals surface area contributed by atoms with Crippen LogP contribution < -0.4 is 14.8 Å². The molecular weight excluding hydrogens is 364 g/mol. The third kappa shape index (κ3) is 4.78. The summed E-state index contributed by atoms with van der Waals surface area (Å²) in [5.41, 5.74) is 0.854. The molecule has 1 N–H and O–H groups in total. The van der Waals surface area contributed by atoms with Crippen LogP contribution in [0.4, 0.5) is 5.69 Å². The number of para-hydroxylation sites is 4. The molecule has 6 heteroatoms. The minimum atomic E-state index is -0.377. The minimum Gasteiger partial charge on any atom is -0.482 e. The highest BCUT2D eigenvalue weighted by Gasteiger charge is 2.11. The fourth-order valence-corrected chi connectivity index (χ4v) is 2.49. The third-order valence-corrected chi connectivity index (χ3v) is 3.90. The summed E-state index contributed by atoms with van der Waals surface area (Å²) in [6.45, 7) is -0.237. The van der Waals surface area contributed by atoms with Gasteiger partial charge in [-0.05, 0) is 36.4 Å². The van der Waals surface area contributed by atoms with Gasteiger partial charge in [-0.15, -0.1) is 0 Å². The normalized spacial score (nSPS) is 9.93. The van der Waals surface area contributed by atoms with Crippen molar-refractivity contribution in [1.29, 1.82) is 5.26 Å². The molecule has 1 amide bonds. The van der Waals surface area contributed by atoms with Crippen molar-refractivity contribution in [2.24, 2.45) is 0 Å². The first-order valence-electron chi connectivity index (χ1n) is 8.10. The summed E-state index contributed by atoms with van der Waals surface area (Å²) in [7, 11) is 0. The second kappa shape index (κ2) is 8.75. The van der Waals surface area contributed by atoms with Gasteiger partial charge >= 0.3 is 0 Å². The molecule has 0 aliphatic carbocycles. The summed E-state index contributed by atoms with van der Waals surface area (Å²) >= 11 is 6.12. The number of nitriles is 1. The maximum Gasteiger partial charge on any atom is 0.262 e. The van der Waals surface area contributed by atoms with Gasteiger partial charge in [0.2, 0.25) is 0 Å². The maximum atomic E-state index is 12.3. The van der Waals surface area contributed by atoms with Crippen LogP contribution in [-0.2, 0) is 4.79 Å². The molecule has 134 valence electrons. The van der Waals surface area contributed by atoms with E-state index >= 15 is 0 Å². The first-order valence-corrected chi connectivity index (χ1v) is 8.48. The summed E-state index contributed by atoms with van der Waals surface area (Å²) < 4.78 is 11.3. The van der Waals surface area contributed by atoms with Gasteiger partial charge < -0.3 is 14.8 Å². The van der Waals surface area contributed by atoms with Crippen LogP contribution in [0.1, 0.15) is 5.56 Å². The van der Waals surface area contributed by atoms with Crippen molar-refractivity contribution in [3.8, 4) is 23.3 Å². The Hall–Kier alpha value is -3.49. The summed E-state index contributed by atoms with van der Waals surface area (Å²) in [5, 5.41) is 12.3. The van der Waals surface area contributed by atoms with E-state index in [1.54, 1.807) is 66.7 Å². The Morgan fingerprint density at radius 1 is 0.926 bits per heavy atom. The highest BCUT2D eigenvalue weighted by atomic mass is 35.5. The molecule has 0 heterocycles. The van der Waals surface area contributed by atoms with Gasteiger partial charge in [0.15, 0.2) is 12.4 Å². The summed E-state index contributed by atoms with van der Waals surface area (Å²) in [4.78, 5) is 12.3. The van der Waals surface area contributed by atoms with E-state index in [0.717, 1.165) is 0 Å². The number of anilines is 1. The molecule has 3 aromatic carbocycles. The van der Waals surface area contributed by atoms with Crippen LogP contribution in [0, 0.1) is 11.3 Å². The smallest absolute Gasteiger partial charge is 0.262 e. The van der Waals surface area contributed by atoms with Crippen LogP contribution in [0.15, 0.2) is 72.8 Å². The number of halogens is 1. The molecule has 0 fully saturated rings. The fraction of sp³-hybridized carbons (Fsp3) is 0.0476. The van der Waals surface area contributed by atoms with Crippen molar-refractivity contribution in [3.63, 3.8) is 0 Å². The minimum absolute atomic E-state index is 0.237. The molecule has 0 bridgehead atoms. The zero-order valence-corrected chi connectivity index (χ0v) is 14.9. The first-order chi connectivity index (χ1) is 13.2. The lowest BCUT2D eigenvalue weighted by molar-refractivity contribution is -0.118. The maximum absolute atomic E-state index is 12.3. The van der Waals surface area contributed by atoms with E-state index in [4.69, 9.17) is 26.3 Å². The molecule has 0 aromatic heterocycles. The molecular formula is C21H15ClN2O3. The molecule has 0 atom stereocenters. The van der Waals surface area contributed by atoms with Crippen LogP contribution in [0.3, 0.4) is 0 Å². The molecule has 3 aromatic rings. The quantitative estimate of drug-likeness (QED) is 0.653. The number of ether oxygens (including phenoxy) is 2. The largest absolute Gasteiger partial charge is 0.482 e. The molecule has 27 heavy (non-hydrogen) atoms. The van der Waals surface area contributed by atoms with Crippen LogP contribution >= 0.6 is 11.6 Å². The Bertz CT molecular complexity index is 998. The molecule has 3 rings (SSSR count). The van der Waals surface area contributed by atoms with Crippen molar-refractivity contribution in [1.82, 2.24) is 0 Å². The van der Waals surface area contributed by atoms with Crippen molar-refractivity contribution in [3.05, 3.63) is 83.4 Å². The van der Waals surface area contributed by atoms with Crippen molar-refractivity contribution in [2.45, 2.75) is 0 Å². The Kier molecular flexibility index (Phi) is 5.93. The predicted molar refractivity (Wildman–Crippen MR) is 103 cm³/mol. The number of amides is 1. The highest BCUT2D eigenvalue weighted by Crippen LogP contribution is 2.33. The van der Waals surface area contributed by atoms with Crippen LogP contribution in [-0.4, -0.2) is 12.5 Å². The zero-order chi connectivity index (χ0) is 19.1. The number of nitrogens with zero attached hydrogens (tertiary/aromatic N) is 1. The lowest BCUT2D eigenvalue weighted by atomic mass is 10.2. The second-order valence-electron chi connectivity index (χ2n) is 5.47. The van der Waals surface area contributed by atoms with Gasteiger partial charge in [-0.25, -0.2) is 0 Å². The molecule has 0 radical (unpaired) electrons. The first kappa shape index (κ1) is 18.3. The van der Waals surface area contributed by atoms with Crippen LogP contribution in [0.25, 0.3) is 0 Å². The Balaban J connectivity index is 1.68. The third-order valence-electron chi connectivity index (χ3n) is 3.58. The summed E-state index contributed by atoms with van der Waals surface area (Å²) in [6.07, 6.45) is 0. The molecule has 0 aliphatic heterocycles. The molecule has 5 nitrogen and oxygen atoms in total. The monoisotopic (exact) mass is 378 g/mol. The predicted octanol–water partition coefficient (Wildman–Crippen LogP) is 5.02. The topological polar surface area (TPSA) is 71.3 Å². The number of nitrogens with one attached hydrogen (secondary N) is 1. The number of hydrogen-bond donors (Lipinski definition) is 1. The van der Waals surface area contributed by atoms with E-state index in [0.29, 0.717) is 33.5 Å².